The van der Waals surface area contributed by atoms with Gasteiger partial charge in [-0.3, -0.25) is 4.90 Å². The summed E-state index contributed by atoms with van der Waals surface area (Å²) in [5.74, 6) is -0.331. The molecule has 19 heavy (non-hydrogen) atoms. The minimum Gasteiger partial charge on any atom is -0.476 e. The van der Waals surface area contributed by atoms with Crippen molar-refractivity contribution in [1.29, 1.82) is 0 Å². The predicted octanol–water partition coefficient (Wildman–Crippen LogP) is 1.10. The van der Waals surface area contributed by atoms with Crippen molar-refractivity contribution in [3.05, 3.63) is 18.1 Å². The van der Waals surface area contributed by atoms with Gasteiger partial charge in [0, 0.05) is 19.6 Å². The molecule has 1 atom stereocenters. The van der Waals surface area contributed by atoms with Gasteiger partial charge in [0.1, 0.15) is 5.82 Å². The van der Waals surface area contributed by atoms with E-state index in [1.54, 1.807) is 0 Å². The van der Waals surface area contributed by atoms with Gasteiger partial charge >= 0.3 is 5.97 Å². The average molecular weight is 264 g/mol. The van der Waals surface area contributed by atoms with E-state index in [1.165, 1.54) is 31.8 Å². The van der Waals surface area contributed by atoms with Gasteiger partial charge in [-0.25, -0.2) is 14.8 Å². The molecule has 6 heteroatoms. The molecule has 0 saturated carbocycles. The number of likely N-dealkylation sites (tertiary alicyclic amines) is 1. The normalized spacial score (nSPS) is 19.6. The van der Waals surface area contributed by atoms with Gasteiger partial charge in [0.15, 0.2) is 5.69 Å². The predicted molar refractivity (Wildman–Crippen MR) is 72.5 cm³/mol. The Kier molecular flexibility index (Phi) is 4.31. The number of carbonyl (C=O) groups is 1. The lowest BCUT2D eigenvalue weighted by Crippen LogP contribution is -2.39. The molecule has 1 aliphatic heterocycles. The number of carboxylic acid groups (broad SMARTS) is 1. The first kappa shape index (κ1) is 13.7. The van der Waals surface area contributed by atoms with E-state index < -0.39 is 5.97 Å². The Hall–Kier alpha value is -1.69. The van der Waals surface area contributed by atoms with Crippen molar-refractivity contribution in [3.8, 4) is 0 Å². The Morgan fingerprint density at radius 2 is 2.32 bits per heavy atom. The highest BCUT2D eigenvalue weighted by Gasteiger charge is 2.24. The van der Waals surface area contributed by atoms with Crippen LogP contribution in [-0.4, -0.2) is 58.7 Å². The molecule has 6 nitrogen and oxygen atoms in total. The maximum atomic E-state index is 10.7. The molecule has 104 valence electrons. The summed E-state index contributed by atoms with van der Waals surface area (Å²) < 4.78 is 0. The Balaban J connectivity index is 1.99. The summed E-state index contributed by atoms with van der Waals surface area (Å²) in [6, 6.07) is 0.552. The lowest BCUT2D eigenvalue weighted by molar-refractivity contribution is 0.0690. The van der Waals surface area contributed by atoms with Crippen molar-refractivity contribution in [2.45, 2.75) is 25.8 Å². The maximum absolute atomic E-state index is 10.7. The molecule has 1 N–H and O–H groups in total. The van der Waals surface area contributed by atoms with E-state index >= 15 is 0 Å². The van der Waals surface area contributed by atoms with Crippen LogP contribution in [0, 0.1) is 0 Å². The van der Waals surface area contributed by atoms with Crippen molar-refractivity contribution in [1.82, 2.24) is 14.9 Å². The fourth-order valence-electron chi connectivity index (χ4n) is 2.56. The van der Waals surface area contributed by atoms with E-state index in [4.69, 9.17) is 5.11 Å². The molecule has 1 saturated heterocycles. The summed E-state index contributed by atoms with van der Waals surface area (Å²) in [6.07, 6.45) is 5.28. The maximum Gasteiger partial charge on any atom is 0.356 e. The van der Waals surface area contributed by atoms with Gasteiger partial charge in [0.05, 0.1) is 12.4 Å². The van der Waals surface area contributed by atoms with Crippen molar-refractivity contribution >= 4 is 11.8 Å². The number of nitrogens with zero attached hydrogens (tertiary/aromatic N) is 4. The van der Waals surface area contributed by atoms with Crippen LogP contribution in [-0.2, 0) is 0 Å². The molecule has 2 heterocycles. The van der Waals surface area contributed by atoms with Crippen molar-refractivity contribution in [2.75, 3.05) is 31.6 Å². The fraction of sp³-hybridized carbons (Fsp3) is 0.615. The van der Waals surface area contributed by atoms with Gasteiger partial charge in [-0.1, -0.05) is 6.92 Å². The molecule has 0 radical (unpaired) electrons. The second-order valence-electron chi connectivity index (χ2n) is 4.87. The molecule has 0 aromatic carbocycles. The van der Waals surface area contributed by atoms with Gasteiger partial charge < -0.3 is 10.0 Å². The summed E-state index contributed by atoms with van der Waals surface area (Å²) in [4.78, 5) is 23.3. The number of aromatic nitrogens is 2. The van der Waals surface area contributed by atoms with Gasteiger partial charge in [-0.05, 0) is 25.9 Å². The largest absolute Gasteiger partial charge is 0.476 e. The number of hydrogen-bond donors (Lipinski definition) is 1. The van der Waals surface area contributed by atoms with Crippen LogP contribution >= 0.6 is 0 Å². The molecule has 1 aromatic heterocycles. The average Bonchev–Trinajstić information content (AvgIpc) is 2.86. The van der Waals surface area contributed by atoms with E-state index in [9.17, 15) is 4.79 Å². The van der Waals surface area contributed by atoms with E-state index in [2.05, 4.69) is 21.8 Å². The number of carboxylic acids is 1. The van der Waals surface area contributed by atoms with Crippen LogP contribution < -0.4 is 4.90 Å². The summed E-state index contributed by atoms with van der Waals surface area (Å²) in [5, 5.41) is 8.79. The first-order chi connectivity index (χ1) is 9.11. The molecule has 1 aliphatic rings. The summed E-state index contributed by atoms with van der Waals surface area (Å²) in [7, 11) is 1.97. The van der Waals surface area contributed by atoms with Crippen LogP contribution in [0.15, 0.2) is 12.4 Å². The van der Waals surface area contributed by atoms with Gasteiger partial charge in [0.25, 0.3) is 0 Å². The highest BCUT2D eigenvalue weighted by molar-refractivity contribution is 5.84. The molecule has 0 amide bonds. The second-order valence-corrected chi connectivity index (χ2v) is 4.87. The smallest absolute Gasteiger partial charge is 0.356 e. The summed E-state index contributed by atoms with van der Waals surface area (Å²) in [6.45, 7) is 5.31. The zero-order valence-corrected chi connectivity index (χ0v) is 11.4. The van der Waals surface area contributed by atoms with Gasteiger partial charge in [-0.15, -0.1) is 0 Å². The molecule has 1 aromatic rings. The minimum atomic E-state index is -1.05. The molecule has 0 bridgehead atoms. The first-order valence-electron chi connectivity index (χ1n) is 6.62. The lowest BCUT2D eigenvalue weighted by atomic mass is 10.2. The molecule has 1 fully saturated rings. The molecule has 0 spiro atoms. The molecule has 2 rings (SSSR count). The molecule has 0 aliphatic carbocycles. The Morgan fingerprint density at radius 3 is 2.89 bits per heavy atom. The first-order valence-corrected chi connectivity index (χ1v) is 6.62. The number of aromatic carboxylic acids is 1. The monoisotopic (exact) mass is 264 g/mol. The number of likely N-dealkylation sites (N-methyl/N-ethyl adjacent to an activating group) is 2. The van der Waals surface area contributed by atoms with Gasteiger partial charge in [-0.2, -0.15) is 0 Å². The zero-order chi connectivity index (χ0) is 13.8. The standard InChI is InChI=1S/C13H20N4O2/c1-3-17-6-4-5-10(17)9-16(2)12-8-14-11(7-15-12)13(18)19/h7-8,10H,3-6,9H2,1-2H3,(H,18,19). The highest BCUT2D eigenvalue weighted by atomic mass is 16.4. The minimum absolute atomic E-state index is 0.0202. The third kappa shape index (κ3) is 3.20. The quantitative estimate of drug-likeness (QED) is 0.858. The summed E-state index contributed by atoms with van der Waals surface area (Å²) >= 11 is 0. The van der Waals surface area contributed by atoms with Crippen molar-refractivity contribution in [2.24, 2.45) is 0 Å². The lowest BCUT2D eigenvalue weighted by Gasteiger charge is -2.28. The topological polar surface area (TPSA) is 69.6 Å². The Labute approximate surface area is 113 Å². The second kappa shape index (κ2) is 5.97. The van der Waals surface area contributed by atoms with Crippen LogP contribution in [0.25, 0.3) is 0 Å². The van der Waals surface area contributed by atoms with Gasteiger partial charge in [0.2, 0.25) is 0 Å². The summed E-state index contributed by atoms with van der Waals surface area (Å²) in [5.41, 5.74) is -0.0202. The van der Waals surface area contributed by atoms with Crippen molar-refractivity contribution in [3.63, 3.8) is 0 Å². The number of anilines is 1. The van der Waals surface area contributed by atoms with Crippen LogP contribution in [0.2, 0.25) is 0 Å². The Bertz CT molecular complexity index is 435. The Morgan fingerprint density at radius 1 is 1.53 bits per heavy atom. The van der Waals surface area contributed by atoms with Crippen LogP contribution in [0.4, 0.5) is 5.82 Å². The molecular formula is C13H20N4O2. The zero-order valence-electron chi connectivity index (χ0n) is 11.4. The van der Waals surface area contributed by atoms with Crippen LogP contribution in [0.5, 0.6) is 0 Å². The number of hydrogen-bond acceptors (Lipinski definition) is 5. The molecular weight excluding hydrogens is 244 g/mol. The van der Waals surface area contributed by atoms with E-state index in [0.717, 1.165) is 13.1 Å². The highest BCUT2D eigenvalue weighted by Crippen LogP contribution is 2.19. The number of rotatable bonds is 5. The third-order valence-electron chi connectivity index (χ3n) is 3.64. The van der Waals surface area contributed by atoms with Crippen LogP contribution in [0.1, 0.15) is 30.3 Å². The van der Waals surface area contributed by atoms with E-state index in [1.807, 2.05) is 11.9 Å². The van der Waals surface area contributed by atoms with E-state index in [0.29, 0.717) is 11.9 Å². The van der Waals surface area contributed by atoms with E-state index in [-0.39, 0.29) is 5.69 Å². The van der Waals surface area contributed by atoms with Crippen molar-refractivity contribution < 1.29 is 9.90 Å². The molecule has 1 unspecified atom stereocenters. The van der Waals surface area contributed by atoms with Crippen LogP contribution in [0.3, 0.4) is 0 Å². The fourth-order valence-corrected chi connectivity index (χ4v) is 2.56. The third-order valence-corrected chi connectivity index (χ3v) is 3.64. The SMILES string of the molecule is CCN1CCCC1CN(C)c1cnc(C(=O)O)cn1.